The predicted molar refractivity (Wildman–Crippen MR) is 128 cm³/mol. The van der Waals surface area contributed by atoms with Crippen molar-refractivity contribution in [2.75, 3.05) is 13.1 Å². The van der Waals surface area contributed by atoms with Crippen molar-refractivity contribution in [1.29, 1.82) is 0 Å². The Morgan fingerprint density at radius 2 is 1.74 bits per heavy atom. The maximum Gasteiger partial charge on any atom is 0.269 e. The Labute approximate surface area is 201 Å². The number of hydrogen-bond acceptors (Lipinski definition) is 5. The van der Waals surface area contributed by atoms with Gasteiger partial charge in [-0.1, -0.05) is 50.2 Å². The second kappa shape index (κ2) is 10.8. The summed E-state index contributed by atoms with van der Waals surface area (Å²) in [5.74, 6) is -1.27. The zero-order chi connectivity index (χ0) is 24.9. The van der Waals surface area contributed by atoms with Gasteiger partial charge in [0, 0.05) is 26.1 Å². The quantitative estimate of drug-likeness (QED) is 0.557. The number of carbonyl (C=O) groups is 3. The summed E-state index contributed by atoms with van der Waals surface area (Å²) in [6, 6.07) is 12.9. The van der Waals surface area contributed by atoms with Crippen LogP contribution in [0.5, 0.6) is 0 Å². The predicted octanol–water partition coefficient (Wildman–Crippen LogP) is 2.86. The molecule has 9 heteroatoms. The molecule has 1 aliphatic rings. The molecule has 0 saturated heterocycles. The van der Waals surface area contributed by atoms with E-state index in [1.807, 2.05) is 45.0 Å². The lowest BCUT2D eigenvalue weighted by Crippen LogP contribution is -2.49. The third kappa shape index (κ3) is 5.14. The molecule has 1 N–H and O–H groups in total. The number of amides is 3. The number of aryl methyl sites for hydroxylation is 1. The van der Waals surface area contributed by atoms with Crippen LogP contribution in [0.25, 0.3) is 0 Å². The zero-order valence-electron chi connectivity index (χ0n) is 19.8. The largest absolute Gasteiger partial charge is 0.354 e. The van der Waals surface area contributed by atoms with Crippen molar-refractivity contribution in [3.8, 4) is 0 Å². The first kappa shape index (κ1) is 25.4. The molecule has 34 heavy (non-hydrogen) atoms. The molecule has 1 heterocycles. The molecule has 182 valence electrons. The number of rotatable bonds is 10. The summed E-state index contributed by atoms with van der Waals surface area (Å²) in [5.41, 5.74) is 1.99. The molecule has 0 aromatic heterocycles. The molecule has 0 fully saturated rings. The Morgan fingerprint density at radius 1 is 1.06 bits per heavy atom. The molecule has 8 nitrogen and oxygen atoms in total. The van der Waals surface area contributed by atoms with Crippen molar-refractivity contribution in [2.45, 2.75) is 57.5 Å². The van der Waals surface area contributed by atoms with Crippen LogP contribution >= 0.6 is 0 Å². The van der Waals surface area contributed by atoms with Gasteiger partial charge in [0.05, 0.1) is 5.56 Å². The fourth-order valence-corrected chi connectivity index (χ4v) is 5.62. The highest BCUT2D eigenvalue weighted by molar-refractivity contribution is 7.90. The van der Waals surface area contributed by atoms with Gasteiger partial charge in [-0.05, 0) is 43.0 Å². The smallest absolute Gasteiger partial charge is 0.269 e. The molecule has 0 saturated carbocycles. The van der Waals surface area contributed by atoms with Gasteiger partial charge < -0.3 is 10.2 Å². The first-order chi connectivity index (χ1) is 16.2. The minimum absolute atomic E-state index is 0.0467. The van der Waals surface area contributed by atoms with Crippen LogP contribution in [0.3, 0.4) is 0 Å². The molecule has 0 bridgehead atoms. The molecular formula is C25H31N3O5S. The van der Waals surface area contributed by atoms with Crippen molar-refractivity contribution in [2.24, 2.45) is 0 Å². The van der Waals surface area contributed by atoms with Crippen LogP contribution in [0.4, 0.5) is 0 Å². The molecule has 2 aromatic rings. The minimum atomic E-state index is -4.00. The highest BCUT2D eigenvalue weighted by Crippen LogP contribution is 2.30. The average Bonchev–Trinajstić information content (AvgIpc) is 3.02. The normalized spacial score (nSPS) is 15.0. The van der Waals surface area contributed by atoms with E-state index >= 15 is 0 Å². The van der Waals surface area contributed by atoms with Crippen molar-refractivity contribution < 1.29 is 22.8 Å². The third-order valence-electron chi connectivity index (χ3n) is 5.98. The van der Waals surface area contributed by atoms with Crippen LogP contribution in [0.15, 0.2) is 53.4 Å². The van der Waals surface area contributed by atoms with E-state index in [9.17, 15) is 22.8 Å². The second-order valence-electron chi connectivity index (χ2n) is 8.29. The summed E-state index contributed by atoms with van der Waals surface area (Å²) in [6.45, 7) is 6.14. The lowest BCUT2D eigenvalue weighted by molar-refractivity contribution is -0.141. The van der Waals surface area contributed by atoms with E-state index in [-0.39, 0.29) is 41.8 Å². The molecule has 2 aromatic carbocycles. The second-order valence-corrected chi connectivity index (χ2v) is 10.1. The van der Waals surface area contributed by atoms with E-state index in [1.165, 1.54) is 17.0 Å². The summed E-state index contributed by atoms with van der Waals surface area (Å²) in [7, 11) is -4.00. The Hall–Kier alpha value is -3.20. The van der Waals surface area contributed by atoms with E-state index in [4.69, 9.17) is 0 Å². The molecular weight excluding hydrogens is 454 g/mol. The van der Waals surface area contributed by atoms with Crippen LogP contribution in [-0.4, -0.2) is 54.5 Å². The van der Waals surface area contributed by atoms with Crippen molar-refractivity contribution in [1.82, 2.24) is 14.5 Å². The van der Waals surface area contributed by atoms with Gasteiger partial charge in [0.2, 0.25) is 11.8 Å². The maximum atomic E-state index is 13.4. The Balaban J connectivity index is 1.83. The van der Waals surface area contributed by atoms with Crippen molar-refractivity contribution in [3.63, 3.8) is 0 Å². The van der Waals surface area contributed by atoms with Gasteiger partial charge in [-0.3, -0.25) is 14.4 Å². The fourth-order valence-electron chi connectivity index (χ4n) is 4.05. The standard InChI is InChI=1S/C25H31N3O5S/c1-4-15-26-24(30)21(5-2)27(17-19-11-7-6-10-18(19)3)23(29)14-16-28-25(31)20-12-8-9-13-22(20)34(28,32)33/h6-13,21H,4-5,14-17H2,1-3H3,(H,26,30). The van der Waals surface area contributed by atoms with Crippen molar-refractivity contribution in [3.05, 3.63) is 65.2 Å². The van der Waals surface area contributed by atoms with E-state index < -0.39 is 22.0 Å². The van der Waals surface area contributed by atoms with E-state index in [2.05, 4.69) is 5.32 Å². The monoisotopic (exact) mass is 485 g/mol. The summed E-state index contributed by atoms with van der Waals surface area (Å²) in [6.07, 6.45) is 0.950. The topological polar surface area (TPSA) is 104 Å². The molecule has 1 atom stereocenters. The lowest BCUT2D eigenvalue weighted by atomic mass is 10.1. The SMILES string of the molecule is CCCNC(=O)C(CC)N(Cc1ccccc1C)C(=O)CCN1C(=O)c2ccccc2S1(=O)=O. The van der Waals surface area contributed by atoms with Gasteiger partial charge in [0.15, 0.2) is 0 Å². The number of hydrogen-bond donors (Lipinski definition) is 1. The van der Waals surface area contributed by atoms with Crippen LogP contribution in [0.1, 0.15) is 54.6 Å². The van der Waals surface area contributed by atoms with Crippen LogP contribution in [0, 0.1) is 6.92 Å². The van der Waals surface area contributed by atoms with Crippen LogP contribution < -0.4 is 5.32 Å². The summed E-state index contributed by atoms with van der Waals surface area (Å²) >= 11 is 0. The highest BCUT2D eigenvalue weighted by atomic mass is 32.2. The number of benzene rings is 2. The summed E-state index contributed by atoms with van der Waals surface area (Å²) < 4.78 is 26.4. The molecule has 1 unspecified atom stereocenters. The minimum Gasteiger partial charge on any atom is -0.354 e. The van der Waals surface area contributed by atoms with Gasteiger partial charge >= 0.3 is 0 Å². The maximum absolute atomic E-state index is 13.4. The number of nitrogens with one attached hydrogen (secondary N) is 1. The highest BCUT2D eigenvalue weighted by Gasteiger charge is 2.41. The lowest BCUT2D eigenvalue weighted by Gasteiger charge is -2.31. The first-order valence-corrected chi connectivity index (χ1v) is 12.9. The fraction of sp³-hybridized carbons (Fsp3) is 0.400. The van der Waals surface area contributed by atoms with Gasteiger partial charge in [-0.2, -0.15) is 0 Å². The number of fused-ring (bicyclic) bond motifs is 1. The van der Waals surface area contributed by atoms with Crippen LogP contribution in [0.2, 0.25) is 0 Å². The summed E-state index contributed by atoms with van der Waals surface area (Å²) in [4.78, 5) is 40.4. The number of carbonyl (C=O) groups excluding carboxylic acids is 3. The molecule has 1 aliphatic heterocycles. The first-order valence-electron chi connectivity index (χ1n) is 11.5. The van der Waals surface area contributed by atoms with E-state index in [1.54, 1.807) is 12.1 Å². The summed E-state index contributed by atoms with van der Waals surface area (Å²) in [5, 5.41) is 2.86. The molecule has 3 amide bonds. The molecule has 0 radical (unpaired) electrons. The van der Waals surface area contributed by atoms with Crippen LogP contribution in [-0.2, 0) is 26.2 Å². The third-order valence-corrected chi connectivity index (χ3v) is 7.82. The Kier molecular flexibility index (Phi) is 8.09. The van der Waals surface area contributed by atoms with Crippen molar-refractivity contribution >= 4 is 27.7 Å². The number of nitrogens with zero attached hydrogens (tertiary/aromatic N) is 2. The molecule has 0 spiro atoms. The zero-order valence-corrected chi connectivity index (χ0v) is 20.6. The van der Waals surface area contributed by atoms with E-state index in [0.717, 1.165) is 21.9 Å². The van der Waals surface area contributed by atoms with Gasteiger partial charge in [0.1, 0.15) is 10.9 Å². The molecule has 3 rings (SSSR count). The average molecular weight is 486 g/mol. The van der Waals surface area contributed by atoms with Gasteiger partial charge in [-0.15, -0.1) is 0 Å². The van der Waals surface area contributed by atoms with Gasteiger partial charge in [-0.25, -0.2) is 12.7 Å². The van der Waals surface area contributed by atoms with Gasteiger partial charge in [0.25, 0.3) is 15.9 Å². The molecule has 0 aliphatic carbocycles. The Morgan fingerprint density at radius 3 is 2.38 bits per heavy atom. The number of sulfonamides is 1. The Bertz CT molecular complexity index is 1180. The van der Waals surface area contributed by atoms with E-state index in [0.29, 0.717) is 13.0 Å².